The van der Waals surface area contributed by atoms with E-state index in [0.717, 1.165) is 29.6 Å². The molecular weight excluding hydrogens is 242 g/mol. The summed E-state index contributed by atoms with van der Waals surface area (Å²) in [5.41, 5.74) is 1.07. The van der Waals surface area contributed by atoms with Crippen molar-refractivity contribution in [2.75, 3.05) is 6.54 Å². The molecule has 4 heteroatoms. The van der Waals surface area contributed by atoms with E-state index in [-0.39, 0.29) is 0 Å². The zero-order chi connectivity index (χ0) is 10.4. The lowest BCUT2D eigenvalue weighted by molar-refractivity contribution is 0.537. The number of aromatic nitrogens is 2. The summed E-state index contributed by atoms with van der Waals surface area (Å²) in [4.78, 5) is 8.16. The van der Waals surface area contributed by atoms with Crippen molar-refractivity contribution in [2.45, 2.75) is 32.7 Å². The summed E-state index contributed by atoms with van der Waals surface area (Å²) in [7, 11) is 0. The molecule has 1 N–H and O–H groups in total. The van der Waals surface area contributed by atoms with Crippen molar-refractivity contribution in [3.63, 3.8) is 0 Å². The Morgan fingerprint density at radius 2 is 2.36 bits per heavy atom. The van der Waals surface area contributed by atoms with E-state index in [0.29, 0.717) is 6.04 Å². The molecule has 0 aliphatic heterocycles. The van der Waals surface area contributed by atoms with Crippen LogP contribution < -0.4 is 5.32 Å². The lowest BCUT2D eigenvalue weighted by Gasteiger charge is -2.12. The number of hydrogen-bond donors (Lipinski definition) is 1. The summed E-state index contributed by atoms with van der Waals surface area (Å²) in [6.45, 7) is 5.40. The minimum absolute atomic E-state index is 0.459. The summed E-state index contributed by atoms with van der Waals surface area (Å²) in [5, 5.41) is 3.43. The molecule has 0 aliphatic rings. The normalized spacial score (nSPS) is 12.8. The lowest BCUT2D eigenvalue weighted by atomic mass is 10.2. The van der Waals surface area contributed by atoms with E-state index in [1.165, 1.54) is 0 Å². The first-order valence-electron chi connectivity index (χ1n) is 4.91. The van der Waals surface area contributed by atoms with Gasteiger partial charge in [-0.3, -0.25) is 0 Å². The minimum atomic E-state index is 0.459. The summed E-state index contributed by atoms with van der Waals surface area (Å²) in [6.07, 6.45) is 5.47. The molecule has 0 spiro atoms. The molecule has 0 saturated carbocycles. The van der Waals surface area contributed by atoms with E-state index in [9.17, 15) is 0 Å². The fourth-order valence-electron chi connectivity index (χ4n) is 1.24. The van der Waals surface area contributed by atoms with Crippen LogP contribution in [-0.4, -0.2) is 22.6 Å². The van der Waals surface area contributed by atoms with Crippen molar-refractivity contribution in [1.82, 2.24) is 15.3 Å². The maximum atomic E-state index is 4.23. The molecule has 0 radical (unpaired) electrons. The predicted octanol–water partition coefficient (Wildman–Crippen LogP) is 2.17. The molecule has 3 nitrogen and oxygen atoms in total. The van der Waals surface area contributed by atoms with Crippen LogP contribution >= 0.6 is 15.9 Å². The summed E-state index contributed by atoms with van der Waals surface area (Å²) in [5.74, 6) is 0. The van der Waals surface area contributed by atoms with Crippen LogP contribution in [0.2, 0.25) is 0 Å². The Balaban J connectivity index is 2.47. The van der Waals surface area contributed by atoms with E-state index in [4.69, 9.17) is 0 Å². The Morgan fingerprint density at radius 1 is 1.57 bits per heavy atom. The smallest absolute Gasteiger partial charge is 0.115 e. The Morgan fingerprint density at radius 3 is 3.00 bits per heavy atom. The molecule has 1 heterocycles. The van der Waals surface area contributed by atoms with Crippen molar-refractivity contribution in [3.05, 3.63) is 22.7 Å². The summed E-state index contributed by atoms with van der Waals surface area (Å²) in [6, 6.07) is 0.459. The molecule has 0 saturated heterocycles. The molecule has 1 rings (SSSR count). The highest BCUT2D eigenvalue weighted by Crippen LogP contribution is 2.13. The fourth-order valence-corrected chi connectivity index (χ4v) is 1.62. The Bertz CT molecular complexity index is 278. The van der Waals surface area contributed by atoms with Crippen LogP contribution in [0, 0.1) is 0 Å². The molecule has 1 aromatic heterocycles. The molecule has 0 fully saturated rings. The van der Waals surface area contributed by atoms with Crippen LogP contribution in [0.3, 0.4) is 0 Å². The number of rotatable bonds is 5. The maximum Gasteiger partial charge on any atom is 0.115 e. The van der Waals surface area contributed by atoms with E-state index in [1.807, 2.05) is 0 Å². The third kappa shape index (κ3) is 3.72. The van der Waals surface area contributed by atoms with Crippen molar-refractivity contribution >= 4 is 15.9 Å². The van der Waals surface area contributed by atoms with Gasteiger partial charge >= 0.3 is 0 Å². The quantitative estimate of drug-likeness (QED) is 0.879. The van der Waals surface area contributed by atoms with Crippen LogP contribution in [0.15, 0.2) is 17.0 Å². The average Bonchev–Trinajstić information content (AvgIpc) is 2.18. The van der Waals surface area contributed by atoms with E-state index < -0.39 is 0 Å². The summed E-state index contributed by atoms with van der Waals surface area (Å²) >= 11 is 3.44. The lowest BCUT2D eigenvalue weighted by Crippen LogP contribution is -2.29. The highest BCUT2D eigenvalue weighted by molar-refractivity contribution is 9.10. The van der Waals surface area contributed by atoms with Gasteiger partial charge in [-0.2, -0.15) is 0 Å². The van der Waals surface area contributed by atoms with Gasteiger partial charge in [0.1, 0.15) is 6.33 Å². The molecule has 0 amide bonds. The molecule has 1 unspecified atom stereocenters. The molecule has 0 aromatic carbocycles. The molecule has 0 aliphatic carbocycles. The Labute approximate surface area is 93.5 Å². The first-order valence-corrected chi connectivity index (χ1v) is 5.71. The Kier molecular flexibility index (Phi) is 5.04. The van der Waals surface area contributed by atoms with Crippen LogP contribution in [0.25, 0.3) is 0 Å². The Hall–Kier alpha value is -0.480. The fraction of sp³-hybridized carbons (Fsp3) is 0.600. The van der Waals surface area contributed by atoms with Crippen molar-refractivity contribution in [2.24, 2.45) is 0 Å². The number of nitrogens with one attached hydrogen (secondary N) is 1. The number of hydrogen-bond acceptors (Lipinski definition) is 3. The van der Waals surface area contributed by atoms with Gasteiger partial charge in [0.05, 0.1) is 10.2 Å². The second-order valence-corrected chi connectivity index (χ2v) is 4.23. The van der Waals surface area contributed by atoms with Gasteiger partial charge in [-0.25, -0.2) is 9.97 Å². The van der Waals surface area contributed by atoms with Gasteiger partial charge in [0.25, 0.3) is 0 Å². The zero-order valence-corrected chi connectivity index (χ0v) is 10.2. The largest absolute Gasteiger partial charge is 0.314 e. The van der Waals surface area contributed by atoms with Crippen LogP contribution in [0.4, 0.5) is 0 Å². The average molecular weight is 258 g/mol. The van der Waals surface area contributed by atoms with Gasteiger partial charge in [0.2, 0.25) is 0 Å². The molecule has 1 aromatic rings. The first-order chi connectivity index (χ1) is 6.74. The predicted molar refractivity (Wildman–Crippen MR) is 61.2 cm³/mol. The monoisotopic (exact) mass is 257 g/mol. The zero-order valence-electron chi connectivity index (χ0n) is 8.63. The van der Waals surface area contributed by atoms with Gasteiger partial charge in [-0.15, -0.1) is 0 Å². The SMILES string of the molecule is CCCNC(C)Cc1ncncc1Br. The van der Waals surface area contributed by atoms with E-state index in [2.05, 4.69) is 45.1 Å². The third-order valence-electron chi connectivity index (χ3n) is 1.99. The number of halogens is 1. The van der Waals surface area contributed by atoms with Gasteiger partial charge < -0.3 is 5.32 Å². The topological polar surface area (TPSA) is 37.8 Å². The van der Waals surface area contributed by atoms with Crippen LogP contribution in [0.1, 0.15) is 26.0 Å². The van der Waals surface area contributed by atoms with Crippen molar-refractivity contribution in [1.29, 1.82) is 0 Å². The highest BCUT2D eigenvalue weighted by Gasteiger charge is 2.06. The molecule has 1 atom stereocenters. The van der Waals surface area contributed by atoms with E-state index in [1.54, 1.807) is 12.5 Å². The number of nitrogens with zero attached hydrogens (tertiary/aromatic N) is 2. The third-order valence-corrected chi connectivity index (χ3v) is 2.65. The molecular formula is C10H16BrN3. The molecule has 14 heavy (non-hydrogen) atoms. The highest BCUT2D eigenvalue weighted by atomic mass is 79.9. The van der Waals surface area contributed by atoms with Gasteiger partial charge in [-0.1, -0.05) is 6.92 Å². The van der Waals surface area contributed by atoms with Crippen LogP contribution in [-0.2, 0) is 6.42 Å². The van der Waals surface area contributed by atoms with Gasteiger partial charge in [-0.05, 0) is 35.8 Å². The van der Waals surface area contributed by atoms with Crippen molar-refractivity contribution < 1.29 is 0 Å². The first kappa shape index (κ1) is 11.6. The standard InChI is InChI=1S/C10H16BrN3/c1-3-4-13-8(2)5-10-9(11)6-12-7-14-10/h6-8,13H,3-5H2,1-2H3. The van der Waals surface area contributed by atoms with Gasteiger partial charge in [0.15, 0.2) is 0 Å². The maximum absolute atomic E-state index is 4.23. The van der Waals surface area contributed by atoms with Crippen LogP contribution in [0.5, 0.6) is 0 Å². The second-order valence-electron chi connectivity index (χ2n) is 3.38. The molecule has 0 bridgehead atoms. The van der Waals surface area contributed by atoms with Crippen molar-refractivity contribution in [3.8, 4) is 0 Å². The van der Waals surface area contributed by atoms with E-state index >= 15 is 0 Å². The second kappa shape index (κ2) is 6.09. The van der Waals surface area contributed by atoms with Gasteiger partial charge in [0, 0.05) is 18.7 Å². The molecule has 78 valence electrons. The summed E-state index contributed by atoms with van der Waals surface area (Å²) < 4.78 is 0.991. The minimum Gasteiger partial charge on any atom is -0.314 e.